The van der Waals surface area contributed by atoms with Gasteiger partial charge in [0, 0.05) is 24.4 Å². The van der Waals surface area contributed by atoms with Crippen molar-refractivity contribution in [2.45, 2.75) is 39.7 Å². The molecule has 0 saturated carbocycles. The molecule has 0 aliphatic carbocycles. The van der Waals surface area contributed by atoms with E-state index in [1.807, 2.05) is 26.2 Å². The van der Waals surface area contributed by atoms with Crippen LogP contribution in [0.15, 0.2) is 5.38 Å². The second-order valence-corrected chi connectivity index (χ2v) is 4.76. The Balaban J connectivity index is 2.63. The van der Waals surface area contributed by atoms with Gasteiger partial charge in [-0.05, 0) is 27.2 Å². The Kier molecular flexibility index (Phi) is 4.89. The SMILES string of the molecule is CCN(C(=O)CCC(C)N)c1nc(C)cs1. The largest absolute Gasteiger partial charge is 0.328 e. The Hall–Kier alpha value is -0.940. The fourth-order valence-corrected chi connectivity index (χ4v) is 2.25. The van der Waals surface area contributed by atoms with Crippen LogP contribution in [0.3, 0.4) is 0 Å². The summed E-state index contributed by atoms with van der Waals surface area (Å²) in [5, 5.41) is 2.74. The highest BCUT2D eigenvalue weighted by atomic mass is 32.1. The molecule has 1 heterocycles. The average molecular weight is 241 g/mol. The molecule has 0 saturated heterocycles. The van der Waals surface area contributed by atoms with Crippen LogP contribution in [0.1, 0.15) is 32.4 Å². The zero-order valence-corrected chi connectivity index (χ0v) is 10.9. The molecule has 0 aliphatic rings. The van der Waals surface area contributed by atoms with Crippen LogP contribution in [-0.2, 0) is 4.79 Å². The van der Waals surface area contributed by atoms with Crippen molar-refractivity contribution in [2.24, 2.45) is 5.73 Å². The molecular formula is C11H19N3OS. The topological polar surface area (TPSA) is 59.2 Å². The highest BCUT2D eigenvalue weighted by Gasteiger charge is 2.16. The van der Waals surface area contributed by atoms with Crippen LogP contribution in [0.5, 0.6) is 0 Å². The van der Waals surface area contributed by atoms with Gasteiger partial charge in [-0.3, -0.25) is 9.69 Å². The zero-order valence-electron chi connectivity index (χ0n) is 10.1. The van der Waals surface area contributed by atoms with Gasteiger partial charge in [-0.2, -0.15) is 0 Å². The van der Waals surface area contributed by atoms with E-state index in [9.17, 15) is 4.79 Å². The molecule has 90 valence electrons. The Bertz CT molecular complexity index is 349. The number of thiazole rings is 1. The van der Waals surface area contributed by atoms with Gasteiger partial charge in [0.1, 0.15) is 0 Å². The van der Waals surface area contributed by atoms with E-state index in [1.54, 1.807) is 4.90 Å². The Morgan fingerprint density at radius 2 is 2.38 bits per heavy atom. The van der Waals surface area contributed by atoms with Gasteiger partial charge in [-0.1, -0.05) is 0 Å². The fraction of sp³-hybridized carbons (Fsp3) is 0.636. The zero-order chi connectivity index (χ0) is 12.1. The summed E-state index contributed by atoms with van der Waals surface area (Å²) in [7, 11) is 0. The monoisotopic (exact) mass is 241 g/mol. The van der Waals surface area contributed by atoms with Crippen molar-refractivity contribution in [2.75, 3.05) is 11.4 Å². The normalized spacial score (nSPS) is 12.5. The van der Waals surface area contributed by atoms with E-state index in [4.69, 9.17) is 5.73 Å². The summed E-state index contributed by atoms with van der Waals surface area (Å²) in [6.45, 7) is 6.46. The molecule has 0 aliphatic heterocycles. The van der Waals surface area contributed by atoms with Crippen LogP contribution in [-0.4, -0.2) is 23.5 Å². The standard InChI is InChI=1S/C11H19N3OS/c1-4-14(10(15)6-5-8(2)12)11-13-9(3)7-16-11/h7-8H,4-6,12H2,1-3H3. The maximum Gasteiger partial charge on any atom is 0.228 e. The van der Waals surface area contributed by atoms with Crippen LogP contribution in [0.25, 0.3) is 0 Å². The minimum Gasteiger partial charge on any atom is -0.328 e. The Labute approximate surface area is 100 Å². The summed E-state index contributed by atoms with van der Waals surface area (Å²) >= 11 is 1.51. The van der Waals surface area contributed by atoms with Crippen molar-refractivity contribution in [3.05, 3.63) is 11.1 Å². The predicted molar refractivity (Wildman–Crippen MR) is 67.8 cm³/mol. The number of hydrogen-bond acceptors (Lipinski definition) is 4. The number of hydrogen-bond donors (Lipinski definition) is 1. The molecule has 1 aromatic heterocycles. The highest BCUT2D eigenvalue weighted by Crippen LogP contribution is 2.20. The lowest BCUT2D eigenvalue weighted by molar-refractivity contribution is -0.118. The summed E-state index contributed by atoms with van der Waals surface area (Å²) in [5.41, 5.74) is 6.60. The number of nitrogens with zero attached hydrogens (tertiary/aromatic N) is 2. The maximum atomic E-state index is 11.9. The first-order chi connectivity index (χ1) is 7.54. The summed E-state index contributed by atoms with van der Waals surface area (Å²) in [6, 6.07) is 0.0701. The number of carbonyl (C=O) groups excluding carboxylic acids is 1. The number of amides is 1. The second kappa shape index (κ2) is 5.96. The molecule has 0 fully saturated rings. The Morgan fingerprint density at radius 3 is 2.81 bits per heavy atom. The Morgan fingerprint density at radius 1 is 1.69 bits per heavy atom. The van der Waals surface area contributed by atoms with E-state index in [-0.39, 0.29) is 11.9 Å². The number of aryl methyl sites for hydroxylation is 1. The third-order valence-corrected chi connectivity index (χ3v) is 3.25. The second-order valence-electron chi connectivity index (χ2n) is 3.93. The van der Waals surface area contributed by atoms with Gasteiger partial charge >= 0.3 is 0 Å². The number of carbonyl (C=O) groups is 1. The number of aromatic nitrogens is 1. The lowest BCUT2D eigenvalue weighted by Crippen LogP contribution is -2.31. The lowest BCUT2D eigenvalue weighted by atomic mass is 10.2. The molecule has 0 aromatic carbocycles. The molecule has 4 nitrogen and oxygen atoms in total. The molecule has 1 rings (SSSR count). The van der Waals surface area contributed by atoms with Crippen LogP contribution >= 0.6 is 11.3 Å². The van der Waals surface area contributed by atoms with Crippen molar-refractivity contribution in [1.82, 2.24) is 4.98 Å². The summed E-state index contributed by atoms with van der Waals surface area (Å²) in [5.74, 6) is 0.106. The fourth-order valence-electron chi connectivity index (χ4n) is 1.37. The van der Waals surface area contributed by atoms with Crippen LogP contribution in [0, 0.1) is 6.92 Å². The summed E-state index contributed by atoms with van der Waals surface area (Å²) in [4.78, 5) is 18.0. The van der Waals surface area contributed by atoms with Gasteiger partial charge in [0.15, 0.2) is 5.13 Å². The molecule has 1 unspecified atom stereocenters. The third-order valence-electron chi connectivity index (χ3n) is 2.27. The smallest absolute Gasteiger partial charge is 0.228 e. The van der Waals surface area contributed by atoms with Crippen molar-refractivity contribution >= 4 is 22.4 Å². The van der Waals surface area contributed by atoms with Gasteiger partial charge in [-0.15, -0.1) is 11.3 Å². The number of anilines is 1. The van der Waals surface area contributed by atoms with Gasteiger partial charge < -0.3 is 5.73 Å². The van der Waals surface area contributed by atoms with Gasteiger partial charge in [0.25, 0.3) is 0 Å². The van der Waals surface area contributed by atoms with Crippen molar-refractivity contribution in [1.29, 1.82) is 0 Å². The van der Waals surface area contributed by atoms with E-state index >= 15 is 0 Å². The van der Waals surface area contributed by atoms with Crippen LogP contribution in [0.2, 0.25) is 0 Å². The molecule has 16 heavy (non-hydrogen) atoms. The first-order valence-electron chi connectivity index (χ1n) is 5.52. The number of nitrogens with two attached hydrogens (primary N) is 1. The highest BCUT2D eigenvalue weighted by molar-refractivity contribution is 7.14. The number of rotatable bonds is 5. The predicted octanol–water partition coefficient (Wildman–Crippen LogP) is 1.93. The molecule has 2 N–H and O–H groups in total. The molecule has 5 heteroatoms. The molecule has 0 bridgehead atoms. The first-order valence-corrected chi connectivity index (χ1v) is 6.40. The van der Waals surface area contributed by atoms with E-state index in [0.717, 1.165) is 17.2 Å². The molecule has 1 aromatic rings. The molecule has 0 radical (unpaired) electrons. The minimum atomic E-state index is 0.0701. The molecular weight excluding hydrogens is 222 g/mol. The summed E-state index contributed by atoms with van der Waals surface area (Å²) < 4.78 is 0. The maximum absolute atomic E-state index is 11.9. The van der Waals surface area contributed by atoms with Crippen molar-refractivity contribution in [3.63, 3.8) is 0 Å². The first kappa shape index (κ1) is 13.1. The van der Waals surface area contributed by atoms with Crippen molar-refractivity contribution in [3.8, 4) is 0 Å². The van der Waals surface area contributed by atoms with E-state index < -0.39 is 0 Å². The van der Waals surface area contributed by atoms with Gasteiger partial charge in [0.2, 0.25) is 5.91 Å². The van der Waals surface area contributed by atoms with E-state index in [2.05, 4.69) is 4.98 Å². The van der Waals surface area contributed by atoms with Gasteiger partial charge in [-0.25, -0.2) is 4.98 Å². The molecule has 1 amide bonds. The van der Waals surface area contributed by atoms with Crippen LogP contribution < -0.4 is 10.6 Å². The quantitative estimate of drug-likeness (QED) is 0.857. The third kappa shape index (κ3) is 3.57. The minimum absolute atomic E-state index is 0.0701. The van der Waals surface area contributed by atoms with E-state index in [0.29, 0.717) is 13.0 Å². The molecule has 1 atom stereocenters. The van der Waals surface area contributed by atoms with E-state index in [1.165, 1.54) is 11.3 Å². The molecule has 0 spiro atoms. The van der Waals surface area contributed by atoms with Crippen LogP contribution in [0.4, 0.5) is 5.13 Å². The summed E-state index contributed by atoms with van der Waals surface area (Å²) in [6.07, 6.45) is 1.21. The van der Waals surface area contributed by atoms with Crippen molar-refractivity contribution < 1.29 is 4.79 Å². The average Bonchev–Trinajstić information content (AvgIpc) is 2.63. The van der Waals surface area contributed by atoms with Gasteiger partial charge in [0.05, 0.1) is 5.69 Å². The lowest BCUT2D eigenvalue weighted by Gasteiger charge is -2.18.